The number of hydrogen-bond donors (Lipinski definition) is 2. The summed E-state index contributed by atoms with van der Waals surface area (Å²) in [6, 6.07) is 0.202. The third kappa shape index (κ3) is 2.49. The van der Waals surface area contributed by atoms with Crippen LogP contribution in [0.2, 0.25) is 0 Å². The minimum Gasteiger partial charge on any atom is -0.391 e. The molecule has 1 aliphatic carbocycles. The zero-order chi connectivity index (χ0) is 10.8. The monoisotopic (exact) mass is 212 g/mol. The summed E-state index contributed by atoms with van der Waals surface area (Å²) in [4.78, 5) is 13.9. The summed E-state index contributed by atoms with van der Waals surface area (Å²) in [6.45, 7) is 1.33. The summed E-state index contributed by atoms with van der Waals surface area (Å²) in [6.07, 6.45) is 4.14. The van der Waals surface area contributed by atoms with Crippen molar-refractivity contribution in [1.29, 1.82) is 0 Å². The number of rotatable bonds is 1. The molecule has 3 atom stereocenters. The first-order valence-electron chi connectivity index (χ1n) is 5.89. The van der Waals surface area contributed by atoms with Crippen LogP contribution in [0.25, 0.3) is 0 Å². The van der Waals surface area contributed by atoms with Gasteiger partial charge < -0.3 is 15.7 Å². The molecule has 0 radical (unpaired) electrons. The van der Waals surface area contributed by atoms with Gasteiger partial charge in [0.05, 0.1) is 6.10 Å². The van der Waals surface area contributed by atoms with E-state index in [0.717, 1.165) is 38.6 Å². The Bertz CT molecular complexity index is 245. The molecule has 2 aliphatic rings. The minimum atomic E-state index is -0.322. The molecule has 2 fully saturated rings. The van der Waals surface area contributed by atoms with E-state index in [2.05, 4.69) is 0 Å². The van der Waals surface area contributed by atoms with Crippen LogP contribution in [0.4, 0.5) is 0 Å². The summed E-state index contributed by atoms with van der Waals surface area (Å²) in [5.74, 6) is 0.326. The Balaban J connectivity index is 1.89. The van der Waals surface area contributed by atoms with Crippen molar-refractivity contribution in [2.75, 3.05) is 13.1 Å². The second kappa shape index (κ2) is 4.49. The minimum absolute atomic E-state index is 0.116. The summed E-state index contributed by atoms with van der Waals surface area (Å²) < 4.78 is 0. The number of likely N-dealkylation sites (tertiary alicyclic amines) is 1. The van der Waals surface area contributed by atoms with Gasteiger partial charge in [0.15, 0.2) is 0 Å². The molecule has 1 amide bonds. The van der Waals surface area contributed by atoms with Crippen molar-refractivity contribution in [3.8, 4) is 0 Å². The van der Waals surface area contributed by atoms with Crippen LogP contribution in [0, 0.1) is 5.92 Å². The molecule has 1 saturated carbocycles. The molecule has 0 aromatic rings. The molecule has 0 aromatic heterocycles. The number of nitrogens with two attached hydrogens (primary N) is 1. The Morgan fingerprint density at radius 3 is 2.73 bits per heavy atom. The fourth-order valence-electron chi connectivity index (χ4n) is 2.65. The molecule has 0 spiro atoms. The molecular weight excluding hydrogens is 192 g/mol. The average molecular weight is 212 g/mol. The third-order valence-electron chi connectivity index (χ3n) is 3.53. The zero-order valence-corrected chi connectivity index (χ0v) is 9.06. The Kier molecular flexibility index (Phi) is 3.26. The molecule has 3 N–H and O–H groups in total. The van der Waals surface area contributed by atoms with Crippen molar-refractivity contribution in [3.63, 3.8) is 0 Å². The predicted molar refractivity (Wildman–Crippen MR) is 57.1 cm³/mol. The van der Waals surface area contributed by atoms with Crippen LogP contribution in [-0.4, -0.2) is 41.1 Å². The summed E-state index contributed by atoms with van der Waals surface area (Å²) in [7, 11) is 0. The molecule has 4 heteroatoms. The van der Waals surface area contributed by atoms with Gasteiger partial charge in [-0.25, -0.2) is 0 Å². The number of aliphatic hydroxyl groups is 1. The van der Waals surface area contributed by atoms with E-state index in [-0.39, 0.29) is 24.0 Å². The van der Waals surface area contributed by atoms with E-state index in [1.165, 1.54) is 0 Å². The Labute approximate surface area is 90.4 Å². The van der Waals surface area contributed by atoms with Crippen molar-refractivity contribution in [2.24, 2.45) is 11.7 Å². The molecule has 1 aliphatic heterocycles. The van der Waals surface area contributed by atoms with E-state index in [1.54, 1.807) is 0 Å². The van der Waals surface area contributed by atoms with Crippen LogP contribution >= 0.6 is 0 Å². The molecule has 0 aromatic carbocycles. The summed E-state index contributed by atoms with van der Waals surface area (Å²) in [5.41, 5.74) is 5.80. The highest BCUT2D eigenvalue weighted by atomic mass is 16.3. The van der Waals surface area contributed by atoms with E-state index in [9.17, 15) is 9.90 Å². The molecule has 86 valence electrons. The van der Waals surface area contributed by atoms with Gasteiger partial charge in [-0.1, -0.05) is 0 Å². The molecule has 15 heavy (non-hydrogen) atoms. The van der Waals surface area contributed by atoms with Crippen LogP contribution < -0.4 is 5.73 Å². The highest BCUT2D eigenvalue weighted by Gasteiger charge is 2.32. The SMILES string of the molecule is NC1CCC(C(=O)N2CCCC(O)C2)C1. The molecule has 2 rings (SSSR count). The van der Waals surface area contributed by atoms with Crippen molar-refractivity contribution < 1.29 is 9.90 Å². The van der Waals surface area contributed by atoms with E-state index in [4.69, 9.17) is 5.73 Å². The lowest BCUT2D eigenvalue weighted by Gasteiger charge is -2.32. The van der Waals surface area contributed by atoms with Gasteiger partial charge in [0, 0.05) is 25.0 Å². The van der Waals surface area contributed by atoms with Crippen molar-refractivity contribution in [2.45, 2.75) is 44.2 Å². The van der Waals surface area contributed by atoms with Crippen LogP contribution in [0.15, 0.2) is 0 Å². The van der Waals surface area contributed by atoms with Crippen molar-refractivity contribution >= 4 is 5.91 Å². The van der Waals surface area contributed by atoms with Gasteiger partial charge in [0.2, 0.25) is 5.91 Å². The van der Waals surface area contributed by atoms with Crippen molar-refractivity contribution in [3.05, 3.63) is 0 Å². The van der Waals surface area contributed by atoms with E-state index < -0.39 is 0 Å². The lowest BCUT2D eigenvalue weighted by atomic mass is 10.0. The maximum Gasteiger partial charge on any atom is 0.225 e. The molecule has 1 saturated heterocycles. The highest BCUT2D eigenvalue weighted by Crippen LogP contribution is 2.27. The lowest BCUT2D eigenvalue weighted by molar-refractivity contribution is -0.138. The smallest absolute Gasteiger partial charge is 0.225 e. The van der Waals surface area contributed by atoms with E-state index in [1.807, 2.05) is 4.90 Å². The van der Waals surface area contributed by atoms with Gasteiger partial charge in [-0.3, -0.25) is 4.79 Å². The molecule has 3 unspecified atom stereocenters. The number of amides is 1. The van der Waals surface area contributed by atoms with Crippen LogP contribution in [-0.2, 0) is 4.79 Å². The van der Waals surface area contributed by atoms with Crippen LogP contribution in [0.1, 0.15) is 32.1 Å². The second-order valence-corrected chi connectivity index (χ2v) is 4.85. The topological polar surface area (TPSA) is 66.6 Å². The number of nitrogens with zero attached hydrogens (tertiary/aromatic N) is 1. The zero-order valence-electron chi connectivity index (χ0n) is 9.06. The lowest BCUT2D eigenvalue weighted by Crippen LogP contribution is -2.44. The quantitative estimate of drug-likeness (QED) is 0.647. The van der Waals surface area contributed by atoms with Gasteiger partial charge in [-0.2, -0.15) is 0 Å². The normalized spacial score (nSPS) is 36.9. The molecular formula is C11H20N2O2. The van der Waals surface area contributed by atoms with Gasteiger partial charge in [-0.05, 0) is 32.1 Å². The first kappa shape index (κ1) is 10.9. The van der Waals surface area contributed by atoms with Gasteiger partial charge >= 0.3 is 0 Å². The summed E-state index contributed by atoms with van der Waals surface area (Å²) in [5, 5.41) is 9.50. The standard InChI is InChI=1S/C11H20N2O2/c12-9-4-3-8(6-9)11(15)13-5-1-2-10(14)7-13/h8-10,14H,1-7,12H2. The van der Waals surface area contributed by atoms with Crippen LogP contribution in [0.5, 0.6) is 0 Å². The fraction of sp³-hybridized carbons (Fsp3) is 0.909. The fourth-order valence-corrected chi connectivity index (χ4v) is 2.65. The molecule has 1 heterocycles. The van der Waals surface area contributed by atoms with E-state index >= 15 is 0 Å². The predicted octanol–water partition coefficient (Wildman–Crippen LogP) is 0.0971. The Morgan fingerprint density at radius 2 is 2.13 bits per heavy atom. The van der Waals surface area contributed by atoms with Gasteiger partial charge in [0.1, 0.15) is 0 Å². The Morgan fingerprint density at radius 1 is 1.33 bits per heavy atom. The largest absolute Gasteiger partial charge is 0.391 e. The average Bonchev–Trinajstić information content (AvgIpc) is 2.64. The second-order valence-electron chi connectivity index (χ2n) is 4.85. The van der Waals surface area contributed by atoms with Gasteiger partial charge in [-0.15, -0.1) is 0 Å². The number of hydrogen-bond acceptors (Lipinski definition) is 3. The van der Waals surface area contributed by atoms with Gasteiger partial charge in [0.25, 0.3) is 0 Å². The number of carbonyl (C=O) groups excluding carboxylic acids is 1. The molecule has 0 bridgehead atoms. The Hall–Kier alpha value is -0.610. The maximum atomic E-state index is 12.1. The first-order chi connectivity index (χ1) is 7.16. The number of aliphatic hydroxyl groups excluding tert-OH is 1. The number of β-amino-alcohol motifs (C(OH)–C–C–N with tert-alkyl or cyclic N) is 1. The first-order valence-corrected chi connectivity index (χ1v) is 5.89. The maximum absolute atomic E-state index is 12.1. The number of carbonyl (C=O) groups is 1. The highest BCUT2D eigenvalue weighted by molar-refractivity contribution is 5.79. The molecule has 4 nitrogen and oxygen atoms in total. The van der Waals surface area contributed by atoms with E-state index in [0.29, 0.717) is 6.54 Å². The third-order valence-corrected chi connectivity index (χ3v) is 3.53. The van der Waals surface area contributed by atoms with Crippen molar-refractivity contribution in [1.82, 2.24) is 4.90 Å². The summed E-state index contributed by atoms with van der Waals surface area (Å²) >= 11 is 0. The number of piperidine rings is 1. The van der Waals surface area contributed by atoms with Crippen LogP contribution in [0.3, 0.4) is 0 Å².